The van der Waals surface area contributed by atoms with Crippen LogP contribution in [0.2, 0.25) is 0 Å². The molecule has 1 atom stereocenters. The molecule has 0 aliphatic carbocycles. The lowest BCUT2D eigenvalue weighted by atomic mass is 10.4. The Labute approximate surface area is 88.8 Å². The van der Waals surface area contributed by atoms with E-state index in [1.807, 2.05) is 19.0 Å². The molecule has 0 aromatic heterocycles. The second-order valence-corrected chi connectivity index (χ2v) is 3.82. The highest BCUT2D eigenvalue weighted by Gasteiger charge is 2.11. The third-order valence-corrected chi connectivity index (χ3v) is 1.64. The fourth-order valence-corrected chi connectivity index (χ4v) is 0.703. The van der Waals surface area contributed by atoms with Gasteiger partial charge >= 0.3 is 6.03 Å². The summed E-state index contributed by atoms with van der Waals surface area (Å²) in [6, 6.07) is -0.510. The number of carbonyl (C=O) groups is 2. The quantitative estimate of drug-likeness (QED) is 0.657. The molecule has 14 heavy (non-hydrogen) atoms. The highest BCUT2D eigenvalue weighted by molar-refractivity contribution is 6.31. The lowest BCUT2D eigenvalue weighted by molar-refractivity contribution is -0.119. The number of nitrogens with one attached hydrogen (secondary N) is 2. The summed E-state index contributed by atoms with van der Waals surface area (Å²) in [5, 5.41) is 3.94. The summed E-state index contributed by atoms with van der Waals surface area (Å²) >= 11 is 5.46. The molecule has 0 saturated carbocycles. The normalized spacial score (nSPS) is 12.4. The van der Waals surface area contributed by atoms with Crippen LogP contribution < -0.4 is 10.6 Å². The maximum Gasteiger partial charge on any atom is 0.321 e. The first-order chi connectivity index (χ1) is 6.43. The SMILES string of the molecule is CC(Cl)C(=O)NC(=O)NCCN(C)C. The molecule has 0 bridgehead atoms. The number of alkyl halides is 1. The van der Waals surface area contributed by atoms with Crippen molar-refractivity contribution in [2.45, 2.75) is 12.3 Å². The van der Waals surface area contributed by atoms with Gasteiger partial charge in [-0.25, -0.2) is 4.79 Å². The van der Waals surface area contributed by atoms with Crippen LogP contribution in [0.25, 0.3) is 0 Å². The molecule has 0 saturated heterocycles. The zero-order valence-corrected chi connectivity index (χ0v) is 9.39. The van der Waals surface area contributed by atoms with Crippen LogP contribution >= 0.6 is 11.6 Å². The van der Waals surface area contributed by atoms with Crippen molar-refractivity contribution in [2.24, 2.45) is 0 Å². The van der Waals surface area contributed by atoms with Crippen molar-refractivity contribution in [1.29, 1.82) is 0 Å². The summed E-state index contributed by atoms with van der Waals surface area (Å²) in [5.74, 6) is -0.492. The predicted octanol–water partition coefficient (Wildman–Crippen LogP) is 0.00110. The molecule has 0 spiro atoms. The van der Waals surface area contributed by atoms with Gasteiger partial charge in [-0.15, -0.1) is 11.6 Å². The molecular weight excluding hydrogens is 206 g/mol. The summed E-state index contributed by atoms with van der Waals surface area (Å²) in [4.78, 5) is 23.9. The first-order valence-electron chi connectivity index (χ1n) is 4.31. The van der Waals surface area contributed by atoms with Crippen molar-refractivity contribution in [3.63, 3.8) is 0 Å². The van der Waals surface area contributed by atoms with Crippen LogP contribution in [0.4, 0.5) is 4.79 Å². The summed E-state index contributed by atoms with van der Waals surface area (Å²) in [6.45, 7) is 2.71. The number of imide groups is 1. The number of amides is 3. The Morgan fingerprint density at radius 2 is 2.00 bits per heavy atom. The summed E-state index contributed by atoms with van der Waals surface area (Å²) < 4.78 is 0. The molecule has 0 aromatic rings. The van der Waals surface area contributed by atoms with Gasteiger partial charge in [0.25, 0.3) is 0 Å². The maximum atomic E-state index is 11.0. The van der Waals surface area contributed by atoms with E-state index in [9.17, 15) is 9.59 Å². The van der Waals surface area contributed by atoms with Crippen LogP contribution in [-0.4, -0.2) is 49.4 Å². The third-order valence-electron chi connectivity index (χ3n) is 1.44. The average molecular weight is 222 g/mol. The van der Waals surface area contributed by atoms with Gasteiger partial charge in [-0.05, 0) is 21.0 Å². The monoisotopic (exact) mass is 221 g/mol. The van der Waals surface area contributed by atoms with E-state index < -0.39 is 17.3 Å². The van der Waals surface area contributed by atoms with Crippen molar-refractivity contribution >= 4 is 23.5 Å². The van der Waals surface area contributed by atoms with Crippen LogP contribution in [0.3, 0.4) is 0 Å². The van der Waals surface area contributed by atoms with Gasteiger partial charge in [0.1, 0.15) is 5.38 Å². The van der Waals surface area contributed by atoms with Gasteiger partial charge in [-0.1, -0.05) is 0 Å². The minimum absolute atomic E-state index is 0.489. The minimum Gasteiger partial charge on any atom is -0.337 e. The van der Waals surface area contributed by atoms with Gasteiger partial charge in [0.05, 0.1) is 0 Å². The predicted molar refractivity (Wildman–Crippen MR) is 55.4 cm³/mol. The average Bonchev–Trinajstić information content (AvgIpc) is 2.02. The summed E-state index contributed by atoms with van der Waals surface area (Å²) in [5.41, 5.74) is 0. The first kappa shape index (κ1) is 13.2. The molecule has 0 heterocycles. The molecule has 6 heteroatoms. The van der Waals surface area contributed by atoms with E-state index in [2.05, 4.69) is 10.6 Å². The Hall–Kier alpha value is -0.810. The topological polar surface area (TPSA) is 61.4 Å². The highest BCUT2D eigenvalue weighted by Crippen LogP contribution is 1.91. The molecule has 1 unspecified atom stereocenters. The van der Waals surface area contributed by atoms with E-state index in [4.69, 9.17) is 11.6 Å². The van der Waals surface area contributed by atoms with Crippen LogP contribution in [0.1, 0.15) is 6.92 Å². The van der Waals surface area contributed by atoms with E-state index in [0.717, 1.165) is 6.54 Å². The largest absolute Gasteiger partial charge is 0.337 e. The number of hydrogen-bond donors (Lipinski definition) is 2. The smallest absolute Gasteiger partial charge is 0.321 e. The number of halogens is 1. The van der Waals surface area contributed by atoms with E-state index in [1.165, 1.54) is 6.92 Å². The maximum absolute atomic E-state index is 11.0. The van der Waals surface area contributed by atoms with Crippen molar-refractivity contribution in [1.82, 2.24) is 15.5 Å². The fourth-order valence-electron chi connectivity index (χ4n) is 0.649. The van der Waals surface area contributed by atoms with Gasteiger partial charge in [0, 0.05) is 13.1 Å². The lowest BCUT2D eigenvalue weighted by Crippen LogP contribution is -2.44. The number of rotatable bonds is 4. The Morgan fingerprint density at radius 1 is 1.43 bits per heavy atom. The molecule has 0 aromatic carbocycles. The van der Waals surface area contributed by atoms with Crippen LogP contribution in [-0.2, 0) is 4.79 Å². The van der Waals surface area contributed by atoms with Crippen molar-refractivity contribution in [2.75, 3.05) is 27.2 Å². The molecule has 2 N–H and O–H groups in total. The second kappa shape index (κ2) is 6.62. The number of nitrogens with zero attached hydrogens (tertiary/aromatic N) is 1. The van der Waals surface area contributed by atoms with E-state index in [-0.39, 0.29) is 0 Å². The highest BCUT2D eigenvalue weighted by atomic mass is 35.5. The van der Waals surface area contributed by atoms with E-state index >= 15 is 0 Å². The Kier molecular flexibility index (Phi) is 6.23. The number of likely N-dealkylation sites (N-methyl/N-ethyl adjacent to an activating group) is 1. The standard InChI is InChI=1S/C8H16ClN3O2/c1-6(9)7(13)11-8(14)10-4-5-12(2)3/h6H,4-5H2,1-3H3,(H2,10,11,13,14). The molecule has 0 radical (unpaired) electrons. The van der Waals surface area contributed by atoms with Crippen molar-refractivity contribution in [3.8, 4) is 0 Å². The molecular formula is C8H16ClN3O2. The molecule has 0 fully saturated rings. The summed E-state index contributed by atoms with van der Waals surface area (Å²) in [7, 11) is 3.79. The molecule has 82 valence electrons. The van der Waals surface area contributed by atoms with Gasteiger partial charge in [0.2, 0.25) is 5.91 Å². The number of hydrogen-bond acceptors (Lipinski definition) is 3. The Balaban J connectivity index is 3.61. The van der Waals surface area contributed by atoms with Crippen LogP contribution in [0.15, 0.2) is 0 Å². The van der Waals surface area contributed by atoms with Gasteiger partial charge in [-0.2, -0.15) is 0 Å². The van der Waals surface area contributed by atoms with E-state index in [0.29, 0.717) is 6.54 Å². The number of urea groups is 1. The fraction of sp³-hybridized carbons (Fsp3) is 0.750. The Bertz CT molecular complexity index is 207. The molecule has 0 rings (SSSR count). The van der Waals surface area contributed by atoms with Crippen molar-refractivity contribution < 1.29 is 9.59 Å². The first-order valence-corrected chi connectivity index (χ1v) is 4.74. The molecule has 0 aliphatic rings. The second-order valence-electron chi connectivity index (χ2n) is 3.16. The van der Waals surface area contributed by atoms with Gasteiger partial charge in [0.15, 0.2) is 0 Å². The zero-order chi connectivity index (χ0) is 11.1. The lowest BCUT2D eigenvalue weighted by Gasteiger charge is -2.11. The molecule has 5 nitrogen and oxygen atoms in total. The number of carbonyl (C=O) groups excluding carboxylic acids is 2. The zero-order valence-electron chi connectivity index (χ0n) is 8.63. The van der Waals surface area contributed by atoms with Gasteiger partial charge < -0.3 is 10.2 Å². The third kappa shape index (κ3) is 6.68. The van der Waals surface area contributed by atoms with Crippen LogP contribution in [0, 0.1) is 0 Å². The minimum atomic E-state index is -0.699. The van der Waals surface area contributed by atoms with Crippen LogP contribution in [0.5, 0.6) is 0 Å². The van der Waals surface area contributed by atoms with E-state index in [1.54, 1.807) is 0 Å². The Morgan fingerprint density at radius 3 is 2.43 bits per heavy atom. The summed E-state index contributed by atoms with van der Waals surface area (Å²) in [6.07, 6.45) is 0. The molecule has 0 aliphatic heterocycles. The molecule has 3 amide bonds. The van der Waals surface area contributed by atoms with Crippen molar-refractivity contribution in [3.05, 3.63) is 0 Å². The van der Waals surface area contributed by atoms with Gasteiger partial charge in [-0.3, -0.25) is 10.1 Å².